The van der Waals surface area contributed by atoms with Crippen molar-refractivity contribution in [3.63, 3.8) is 0 Å². The molecule has 1 N–H and O–H groups in total. The van der Waals surface area contributed by atoms with E-state index in [9.17, 15) is 9.90 Å². The summed E-state index contributed by atoms with van der Waals surface area (Å²) >= 11 is 0. The first kappa shape index (κ1) is 13.9. The quantitative estimate of drug-likeness (QED) is 0.887. The van der Waals surface area contributed by atoms with E-state index in [1.165, 1.54) is 0 Å². The topological polar surface area (TPSA) is 55.8 Å². The van der Waals surface area contributed by atoms with Gasteiger partial charge in [-0.1, -0.05) is 12.1 Å². The molecule has 4 nitrogen and oxygen atoms in total. The maximum absolute atomic E-state index is 11.5. The number of carboxylic acids is 1. The van der Waals surface area contributed by atoms with E-state index < -0.39 is 16.8 Å². The molecule has 1 aromatic rings. The predicted molar refractivity (Wildman–Crippen MR) is 71.5 cm³/mol. The second-order valence-electron chi connectivity index (χ2n) is 5.46. The van der Waals surface area contributed by atoms with Crippen molar-refractivity contribution >= 4 is 5.97 Å². The third-order valence-electron chi connectivity index (χ3n) is 4.15. The fourth-order valence-corrected chi connectivity index (χ4v) is 2.44. The molecule has 0 atom stereocenters. The van der Waals surface area contributed by atoms with Crippen LogP contribution in [0.25, 0.3) is 0 Å². The van der Waals surface area contributed by atoms with Gasteiger partial charge in [-0.3, -0.25) is 4.79 Å². The minimum Gasteiger partial charge on any atom is -0.494 e. The summed E-state index contributed by atoms with van der Waals surface area (Å²) < 4.78 is 10.7. The summed E-state index contributed by atoms with van der Waals surface area (Å²) in [7, 11) is 0. The number of carboxylic acid groups (broad SMARTS) is 1. The molecule has 4 heteroatoms. The van der Waals surface area contributed by atoms with Crippen molar-refractivity contribution < 1.29 is 19.4 Å². The minimum atomic E-state index is -0.863. The molecule has 1 fully saturated rings. The van der Waals surface area contributed by atoms with E-state index in [1.54, 1.807) is 13.8 Å². The third kappa shape index (κ3) is 2.10. The van der Waals surface area contributed by atoms with Crippen LogP contribution >= 0.6 is 0 Å². The Hall–Kier alpha value is -1.55. The average Bonchev–Trinajstić information content (AvgIpc) is 2.29. The minimum absolute atomic E-state index is 0.445. The number of ether oxygens (including phenoxy) is 2. The van der Waals surface area contributed by atoms with Crippen LogP contribution in [0.2, 0.25) is 0 Å². The van der Waals surface area contributed by atoms with Gasteiger partial charge in [0.15, 0.2) is 0 Å². The zero-order chi connectivity index (χ0) is 14.1. The Morgan fingerprint density at radius 3 is 2.32 bits per heavy atom. The highest BCUT2D eigenvalue weighted by Crippen LogP contribution is 2.47. The molecule has 0 spiro atoms. The predicted octanol–water partition coefficient (Wildman–Crippen LogP) is 2.46. The molecule has 0 amide bonds. The van der Waals surface area contributed by atoms with Gasteiger partial charge in [0.25, 0.3) is 0 Å². The Morgan fingerprint density at radius 1 is 1.37 bits per heavy atom. The van der Waals surface area contributed by atoms with Crippen LogP contribution in [0.1, 0.15) is 26.3 Å². The van der Waals surface area contributed by atoms with E-state index in [0.717, 1.165) is 11.3 Å². The second kappa shape index (κ2) is 4.85. The summed E-state index contributed by atoms with van der Waals surface area (Å²) in [6.45, 7) is 6.96. The first-order chi connectivity index (χ1) is 8.94. The van der Waals surface area contributed by atoms with Crippen LogP contribution in [0.15, 0.2) is 24.3 Å². The van der Waals surface area contributed by atoms with Gasteiger partial charge < -0.3 is 14.6 Å². The Bertz CT molecular complexity index is 458. The Balaban J connectivity index is 2.34. The number of hydrogen-bond acceptors (Lipinski definition) is 3. The molecular formula is C15H20O4. The summed E-state index contributed by atoms with van der Waals surface area (Å²) in [5, 5.41) is 9.46. The Labute approximate surface area is 113 Å². The fraction of sp³-hybridized carbons (Fsp3) is 0.533. The molecule has 1 aliphatic rings. The van der Waals surface area contributed by atoms with Gasteiger partial charge in [-0.15, -0.1) is 0 Å². The maximum Gasteiger partial charge on any atom is 0.310 e. The molecule has 0 aliphatic carbocycles. The van der Waals surface area contributed by atoms with Gasteiger partial charge in [-0.25, -0.2) is 0 Å². The average molecular weight is 264 g/mol. The lowest BCUT2D eigenvalue weighted by atomic mass is 9.60. The van der Waals surface area contributed by atoms with Crippen molar-refractivity contribution in [1.29, 1.82) is 0 Å². The molecule has 1 aliphatic heterocycles. The number of rotatable bonds is 5. The van der Waals surface area contributed by atoms with Gasteiger partial charge >= 0.3 is 5.97 Å². The number of aliphatic carboxylic acids is 1. The van der Waals surface area contributed by atoms with E-state index in [4.69, 9.17) is 9.47 Å². The van der Waals surface area contributed by atoms with Crippen LogP contribution in [-0.4, -0.2) is 30.9 Å². The van der Waals surface area contributed by atoms with Crippen LogP contribution < -0.4 is 4.74 Å². The standard InChI is InChI=1S/C15H20O4/c1-4-19-12-7-5-11(6-8-12)15(9-18-10-15)14(2,3)13(16)17/h5-8H,4,9-10H2,1-3H3,(H,16,17). The largest absolute Gasteiger partial charge is 0.494 e. The molecule has 0 bridgehead atoms. The van der Waals surface area contributed by atoms with E-state index in [2.05, 4.69) is 0 Å². The maximum atomic E-state index is 11.5. The Kier molecular flexibility index (Phi) is 3.54. The summed E-state index contributed by atoms with van der Waals surface area (Å²) in [5.41, 5.74) is -0.322. The van der Waals surface area contributed by atoms with Crippen molar-refractivity contribution in [2.45, 2.75) is 26.2 Å². The second-order valence-corrected chi connectivity index (χ2v) is 5.46. The molecule has 0 saturated carbocycles. The first-order valence-electron chi connectivity index (χ1n) is 6.48. The van der Waals surface area contributed by atoms with Crippen molar-refractivity contribution in [3.05, 3.63) is 29.8 Å². The zero-order valence-electron chi connectivity index (χ0n) is 11.6. The zero-order valence-corrected chi connectivity index (χ0v) is 11.6. The molecule has 1 saturated heterocycles. The molecule has 2 rings (SSSR count). The first-order valence-corrected chi connectivity index (χ1v) is 6.48. The summed E-state index contributed by atoms with van der Waals surface area (Å²) in [6.07, 6.45) is 0. The van der Waals surface area contributed by atoms with Gasteiger partial charge in [0.05, 0.1) is 30.7 Å². The van der Waals surface area contributed by atoms with Crippen molar-refractivity contribution in [3.8, 4) is 5.75 Å². The fourth-order valence-electron chi connectivity index (χ4n) is 2.44. The summed E-state index contributed by atoms with van der Waals surface area (Å²) in [6, 6.07) is 7.66. The number of benzene rings is 1. The van der Waals surface area contributed by atoms with E-state index >= 15 is 0 Å². The van der Waals surface area contributed by atoms with Crippen molar-refractivity contribution in [2.75, 3.05) is 19.8 Å². The molecule has 0 unspecified atom stereocenters. The van der Waals surface area contributed by atoms with Crippen LogP contribution in [0.3, 0.4) is 0 Å². The molecular weight excluding hydrogens is 244 g/mol. The molecule has 1 heterocycles. The monoisotopic (exact) mass is 264 g/mol. The lowest BCUT2D eigenvalue weighted by molar-refractivity contribution is -0.171. The Morgan fingerprint density at radius 2 is 1.95 bits per heavy atom. The summed E-state index contributed by atoms with van der Waals surface area (Å²) in [5.74, 6) is -0.000502. The van der Waals surface area contributed by atoms with Crippen LogP contribution in [0.4, 0.5) is 0 Å². The lowest BCUT2D eigenvalue weighted by Crippen LogP contribution is -2.59. The van der Waals surface area contributed by atoms with Gasteiger partial charge in [0.1, 0.15) is 5.75 Å². The number of hydrogen-bond donors (Lipinski definition) is 1. The summed E-state index contributed by atoms with van der Waals surface area (Å²) in [4.78, 5) is 11.5. The van der Waals surface area contributed by atoms with Crippen LogP contribution in [0.5, 0.6) is 5.75 Å². The molecule has 0 radical (unpaired) electrons. The highest BCUT2D eigenvalue weighted by molar-refractivity contribution is 5.76. The molecule has 104 valence electrons. The van der Waals surface area contributed by atoms with Crippen LogP contribution in [0, 0.1) is 5.41 Å². The SMILES string of the molecule is CCOc1ccc(C2(C(C)(C)C(=O)O)COC2)cc1. The normalized spacial score (nSPS) is 17.6. The van der Waals surface area contributed by atoms with Gasteiger partial charge in [0.2, 0.25) is 0 Å². The van der Waals surface area contributed by atoms with Gasteiger partial charge in [-0.05, 0) is 38.5 Å². The van der Waals surface area contributed by atoms with Gasteiger partial charge in [0, 0.05) is 0 Å². The van der Waals surface area contributed by atoms with E-state index in [0.29, 0.717) is 19.8 Å². The van der Waals surface area contributed by atoms with Gasteiger partial charge in [-0.2, -0.15) is 0 Å². The third-order valence-corrected chi connectivity index (χ3v) is 4.15. The molecule has 0 aromatic heterocycles. The van der Waals surface area contributed by atoms with Crippen LogP contribution in [-0.2, 0) is 14.9 Å². The highest BCUT2D eigenvalue weighted by Gasteiger charge is 2.56. The number of carbonyl (C=O) groups is 1. The van der Waals surface area contributed by atoms with Crippen molar-refractivity contribution in [2.24, 2.45) is 5.41 Å². The highest BCUT2D eigenvalue weighted by atomic mass is 16.5. The molecule has 1 aromatic carbocycles. The smallest absolute Gasteiger partial charge is 0.310 e. The van der Waals surface area contributed by atoms with E-state index in [1.807, 2.05) is 31.2 Å². The van der Waals surface area contributed by atoms with E-state index in [-0.39, 0.29) is 0 Å². The lowest BCUT2D eigenvalue weighted by Gasteiger charge is -2.50. The molecule has 19 heavy (non-hydrogen) atoms. The van der Waals surface area contributed by atoms with Crippen molar-refractivity contribution in [1.82, 2.24) is 0 Å².